The van der Waals surface area contributed by atoms with Gasteiger partial charge in [-0.2, -0.15) is 5.10 Å². The monoisotopic (exact) mass is 422 g/mol. The highest BCUT2D eigenvalue weighted by Gasteiger charge is 2.26. The Bertz CT molecular complexity index is 1130. The molecule has 166 valence electrons. The molecule has 7 heteroatoms. The number of aromatic amines is 1. The molecule has 3 N–H and O–H groups in total. The standard InChI is InChI=1S/C24H34N6O/c1-6-16-11-18(29(5)17-9-7-8-10-17)12-20(26-16)19-13-30(15(4)14(2)3)24(31)21-22(19)27-28-23(21)25/h6,12-15,17H,7-11H2,1-5H3,(H3,25,27,28)/b16-6-/t15-/m0/s1. The number of dihydropyridines is 1. The lowest BCUT2D eigenvalue weighted by atomic mass is 10.0. The van der Waals surface area contributed by atoms with Crippen LogP contribution in [0.3, 0.4) is 0 Å². The third-order valence-corrected chi connectivity index (χ3v) is 7.05. The summed E-state index contributed by atoms with van der Waals surface area (Å²) in [5.74, 6) is 0.539. The molecule has 2 aliphatic rings. The third kappa shape index (κ3) is 3.82. The number of pyridine rings is 1. The first-order chi connectivity index (χ1) is 14.8. The number of H-pyrrole nitrogens is 1. The zero-order valence-electron chi connectivity index (χ0n) is 19.3. The number of hydrogen-bond donors (Lipinski definition) is 2. The van der Waals surface area contributed by atoms with Gasteiger partial charge in [0, 0.05) is 48.7 Å². The largest absolute Gasteiger partial charge is 0.382 e. The number of allylic oxidation sites excluding steroid dienone is 2. The average Bonchev–Trinajstić information content (AvgIpc) is 3.43. The number of anilines is 1. The summed E-state index contributed by atoms with van der Waals surface area (Å²) in [5.41, 5.74) is 10.7. The molecule has 1 atom stereocenters. The lowest BCUT2D eigenvalue weighted by Gasteiger charge is -2.31. The quantitative estimate of drug-likeness (QED) is 0.748. The fourth-order valence-electron chi connectivity index (χ4n) is 4.65. The molecule has 1 aliphatic carbocycles. The third-order valence-electron chi connectivity index (χ3n) is 7.05. The van der Waals surface area contributed by atoms with E-state index in [0.29, 0.717) is 22.9 Å². The molecule has 0 unspecified atom stereocenters. The van der Waals surface area contributed by atoms with Crippen molar-refractivity contribution in [3.05, 3.63) is 45.7 Å². The molecule has 31 heavy (non-hydrogen) atoms. The molecule has 0 amide bonds. The number of nitrogens with one attached hydrogen (secondary N) is 1. The summed E-state index contributed by atoms with van der Waals surface area (Å²) < 4.78 is 1.79. The van der Waals surface area contributed by atoms with Crippen molar-refractivity contribution in [2.24, 2.45) is 10.9 Å². The van der Waals surface area contributed by atoms with E-state index >= 15 is 0 Å². The molecule has 7 nitrogen and oxygen atoms in total. The van der Waals surface area contributed by atoms with Crippen molar-refractivity contribution in [1.82, 2.24) is 19.7 Å². The second kappa shape index (κ2) is 8.36. The maximum absolute atomic E-state index is 13.2. The molecule has 2 aromatic heterocycles. The minimum atomic E-state index is -0.110. The van der Waals surface area contributed by atoms with E-state index in [2.05, 4.69) is 55.1 Å². The number of fused-ring (bicyclic) bond motifs is 1. The van der Waals surface area contributed by atoms with Crippen LogP contribution in [0.5, 0.6) is 0 Å². The predicted octanol–water partition coefficient (Wildman–Crippen LogP) is 4.38. The van der Waals surface area contributed by atoms with Crippen LogP contribution in [0.15, 0.2) is 39.5 Å². The average molecular weight is 423 g/mol. The van der Waals surface area contributed by atoms with E-state index < -0.39 is 0 Å². The molecule has 4 rings (SSSR count). The first kappa shape index (κ1) is 21.4. The van der Waals surface area contributed by atoms with E-state index in [1.807, 2.05) is 13.1 Å². The number of hydrogen-bond acceptors (Lipinski definition) is 5. The van der Waals surface area contributed by atoms with Gasteiger partial charge >= 0.3 is 0 Å². The number of aliphatic imine (C=N–C) groups is 1. The highest BCUT2D eigenvalue weighted by Crippen LogP contribution is 2.31. The molecule has 3 heterocycles. The maximum Gasteiger partial charge on any atom is 0.264 e. The predicted molar refractivity (Wildman–Crippen MR) is 127 cm³/mol. The summed E-state index contributed by atoms with van der Waals surface area (Å²) in [5, 5.41) is 7.59. The number of rotatable bonds is 5. The van der Waals surface area contributed by atoms with Crippen molar-refractivity contribution in [3.63, 3.8) is 0 Å². The normalized spacial score (nSPS) is 19.9. The van der Waals surface area contributed by atoms with Crippen LogP contribution in [0.25, 0.3) is 10.9 Å². The highest BCUT2D eigenvalue weighted by atomic mass is 16.1. The van der Waals surface area contributed by atoms with E-state index in [4.69, 9.17) is 10.7 Å². The molecule has 0 spiro atoms. The van der Waals surface area contributed by atoms with Gasteiger partial charge in [-0.05, 0) is 38.7 Å². The van der Waals surface area contributed by atoms with Crippen molar-refractivity contribution in [3.8, 4) is 0 Å². The van der Waals surface area contributed by atoms with Gasteiger partial charge in [0.05, 0.1) is 11.2 Å². The van der Waals surface area contributed by atoms with Crippen LogP contribution in [-0.4, -0.2) is 38.5 Å². The van der Waals surface area contributed by atoms with E-state index in [1.54, 1.807) is 4.57 Å². The second-order valence-corrected chi connectivity index (χ2v) is 9.24. The Kier molecular flexibility index (Phi) is 5.77. The van der Waals surface area contributed by atoms with Gasteiger partial charge in [-0.15, -0.1) is 0 Å². The van der Waals surface area contributed by atoms with Crippen molar-refractivity contribution in [2.45, 2.75) is 71.9 Å². The van der Waals surface area contributed by atoms with Crippen LogP contribution in [0.2, 0.25) is 0 Å². The molecule has 0 bridgehead atoms. The van der Waals surface area contributed by atoms with Crippen molar-refractivity contribution >= 4 is 22.4 Å². The zero-order valence-corrected chi connectivity index (χ0v) is 19.3. The molecule has 1 aliphatic heterocycles. The summed E-state index contributed by atoms with van der Waals surface area (Å²) >= 11 is 0. The van der Waals surface area contributed by atoms with Crippen LogP contribution < -0.4 is 11.3 Å². The van der Waals surface area contributed by atoms with Gasteiger partial charge in [0.2, 0.25) is 0 Å². The SMILES string of the molecule is C/C=C1/CC(N(C)C2CCCC2)=CC(c2cn([C@@H](C)C(C)C)c(=O)c3c(N)n[nH]c23)=N1. The van der Waals surface area contributed by atoms with Gasteiger partial charge in [-0.1, -0.05) is 32.8 Å². The smallest absolute Gasteiger partial charge is 0.264 e. The second-order valence-electron chi connectivity index (χ2n) is 9.24. The summed E-state index contributed by atoms with van der Waals surface area (Å²) in [4.78, 5) is 20.6. The van der Waals surface area contributed by atoms with Crippen LogP contribution in [-0.2, 0) is 0 Å². The van der Waals surface area contributed by atoms with Crippen LogP contribution in [0.4, 0.5) is 5.82 Å². The summed E-state index contributed by atoms with van der Waals surface area (Å²) in [6.07, 6.45) is 12.1. The molecule has 1 fully saturated rings. The topological polar surface area (TPSA) is 92.3 Å². The molecule has 0 radical (unpaired) electrons. The van der Waals surface area contributed by atoms with E-state index in [-0.39, 0.29) is 17.4 Å². The molecular weight excluding hydrogens is 388 g/mol. The highest BCUT2D eigenvalue weighted by molar-refractivity contribution is 6.17. The van der Waals surface area contributed by atoms with E-state index in [0.717, 1.165) is 23.4 Å². The van der Waals surface area contributed by atoms with E-state index in [9.17, 15) is 4.79 Å². The van der Waals surface area contributed by atoms with E-state index in [1.165, 1.54) is 31.4 Å². The molecular formula is C24H34N6O. The Balaban J connectivity index is 1.89. The lowest BCUT2D eigenvalue weighted by Crippen LogP contribution is -2.31. The van der Waals surface area contributed by atoms with Crippen LogP contribution >= 0.6 is 0 Å². The molecule has 1 saturated carbocycles. The summed E-state index contributed by atoms with van der Waals surface area (Å²) in [7, 11) is 2.20. The van der Waals surface area contributed by atoms with Crippen molar-refractivity contribution < 1.29 is 0 Å². The first-order valence-corrected chi connectivity index (χ1v) is 11.4. The van der Waals surface area contributed by atoms with Gasteiger partial charge in [-0.3, -0.25) is 14.9 Å². The van der Waals surface area contributed by atoms with Gasteiger partial charge in [-0.25, -0.2) is 0 Å². The molecule has 2 aromatic rings. The number of aromatic nitrogens is 3. The Labute approximate surface area is 183 Å². The zero-order chi connectivity index (χ0) is 22.3. The van der Waals surface area contributed by atoms with Gasteiger partial charge in [0.15, 0.2) is 5.82 Å². The lowest BCUT2D eigenvalue weighted by molar-refractivity contribution is 0.301. The van der Waals surface area contributed by atoms with Gasteiger partial charge < -0.3 is 15.2 Å². The first-order valence-electron chi connectivity index (χ1n) is 11.4. The van der Waals surface area contributed by atoms with Crippen molar-refractivity contribution in [2.75, 3.05) is 12.8 Å². The summed E-state index contributed by atoms with van der Waals surface area (Å²) in [6.45, 7) is 8.32. The van der Waals surface area contributed by atoms with Gasteiger partial charge in [0.25, 0.3) is 5.56 Å². The maximum atomic E-state index is 13.2. The Morgan fingerprint density at radius 3 is 2.65 bits per heavy atom. The van der Waals surface area contributed by atoms with Crippen LogP contribution in [0.1, 0.15) is 71.4 Å². The fraction of sp³-hybridized carbons (Fsp3) is 0.542. The summed E-state index contributed by atoms with van der Waals surface area (Å²) in [6, 6.07) is 0.612. The number of nitrogens with two attached hydrogens (primary N) is 1. The molecule has 0 aromatic carbocycles. The Morgan fingerprint density at radius 1 is 1.29 bits per heavy atom. The van der Waals surface area contributed by atoms with Crippen LogP contribution in [0, 0.1) is 5.92 Å². The Morgan fingerprint density at radius 2 is 2.00 bits per heavy atom. The number of nitrogen functional groups attached to an aromatic ring is 1. The fourth-order valence-corrected chi connectivity index (χ4v) is 4.65. The number of nitrogens with zero attached hydrogens (tertiary/aromatic N) is 4. The Hall–Kier alpha value is -2.83. The molecule has 0 saturated heterocycles. The van der Waals surface area contributed by atoms with Gasteiger partial charge in [0.1, 0.15) is 5.39 Å². The minimum Gasteiger partial charge on any atom is -0.382 e. The minimum absolute atomic E-state index is 0.0277. The van der Waals surface area contributed by atoms with Crippen molar-refractivity contribution in [1.29, 1.82) is 0 Å².